The van der Waals surface area contributed by atoms with Gasteiger partial charge in [0.15, 0.2) is 0 Å². The van der Waals surface area contributed by atoms with Crippen LogP contribution in [0.5, 0.6) is 0 Å². The van der Waals surface area contributed by atoms with Crippen LogP contribution in [0.15, 0.2) is 47.3 Å². The lowest BCUT2D eigenvalue weighted by Crippen LogP contribution is -2.27. The van der Waals surface area contributed by atoms with Crippen molar-refractivity contribution in [1.82, 2.24) is 9.88 Å². The van der Waals surface area contributed by atoms with Gasteiger partial charge in [-0.25, -0.2) is 0 Å². The number of halogens is 3. The summed E-state index contributed by atoms with van der Waals surface area (Å²) in [5.74, 6) is -1.04. The van der Waals surface area contributed by atoms with Crippen LogP contribution in [-0.2, 0) is 35.7 Å². The van der Waals surface area contributed by atoms with E-state index >= 15 is 0 Å². The molecule has 1 aromatic heterocycles. The molecule has 0 aliphatic heterocycles. The van der Waals surface area contributed by atoms with Crippen molar-refractivity contribution in [2.75, 3.05) is 6.54 Å². The lowest BCUT2D eigenvalue weighted by molar-refractivity contribution is -0.137. The van der Waals surface area contributed by atoms with Crippen LogP contribution in [0.1, 0.15) is 48.6 Å². The maximum atomic E-state index is 14.0. The first kappa shape index (κ1) is 29.4. The van der Waals surface area contributed by atoms with Crippen molar-refractivity contribution < 1.29 is 27.9 Å². The summed E-state index contributed by atoms with van der Waals surface area (Å²) >= 11 is 0. The molecule has 0 unspecified atom stereocenters. The Hall–Kier alpha value is -3.62. The molecule has 1 heterocycles. The van der Waals surface area contributed by atoms with E-state index in [9.17, 15) is 27.6 Å². The van der Waals surface area contributed by atoms with Crippen molar-refractivity contribution in [3.63, 3.8) is 0 Å². The first-order valence-electron chi connectivity index (χ1n) is 11.2. The first-order chi connectivity index (χ1) is 16.5. The quantitative estimate of drug-likeness (QED) is 0.481. The van der Waals surface area contributed by atoms with Crippen LogP contribution < -0.4 is 10.9 Å². The number of aliphatic carboxylic acids is 1. The average Bonchev–Trinajstić information content (AvgIpc) is 2.81. The number of aromatic nitrogens is 1. The smallest absolute Gasteiger partial charge is 0.417 e. The number of carbonyl (C=O) groups excluding carboxylic acids is 1. The Kier molecular flexibility index (Phi) is 11.2. The molecule has 3 aromatic rings. The second kappa shape index (κ2) is 13.3. The van der Waals surface area contributed by atoms with Crippen molar-refractivity contribution in [3.05, 3.63) is 80.6 Å². The van der Waals surface area contributed by atoms with E-state index in [1.165, 1.54) is 11.6 Å². The summed E-state index contributed by atoms with van der Waals surface area (Å²) in [5.41, 5.74) is 1.13. The van der Waals surface area contributed by atoms with E-state index in [0.29, 0.717) is 23.9 Å². The molecule has 2 N–H and O–H groups in total. The third-order valence-corrected chi connectivity index (χ3v) is 5.05. The molecule has 190 valence electrons. The molecule has 0 fully saturated rings. The fourth-order valence-corrected chi connectivity index (χ4v) is 3.52. The monoisotopic (exact) mass is 492 g/mol. The second-order valence-electron chi connectivity index (χ2n) is 7.48. The molecule has 2 aromatic carbocycles. The topological polar surface area (TPSA) is 88.4 Å². The summed E-state index contributed by atoms with van der Waals surface area (Å²) in [6.45, 7) is 7.47. The summed E-state index contributed by atoms with van der Waals surface area (Å²) in [5, 5.41) is 9.88. The molecule has 0 aliphatic carbocycles. The first-order valence-corrected chi connectivity index (χ1v) is 11.2. The number of hydrogen-bond donors (Lipinski definition) is 2. The van der Waals surface area contributed by atoms with Crippen LogP contribution in [0, 0.1) is 6.92 Å². The predicted molar refractivity (Wildman–Crippen MR) is 131 cm³/mol. The third-order valence-electron chi connectivity index (χ3n) is 5.05. The lowest BCUT2D eigenvalue weighted by atomic mass is 9.95. The Morgan fingerprint density at radius 2 is 1.77 bits per heavy atom. The zero-order valence-electron chi connectivity index (χ0n) is 20.5. The van der Waals surface area contributed by atoms with Gasteiger partial charge in [0.2, 0.25) is 6.41 Å². The minimum Gasteiger partial charge on any atom is -0.480 e. The highest BCUT2D eigenvalue weighted by molar-refractivity contribution is 5.85. The van der Waals surface area contributed by atoms with E-state index in [2.05, 4.69) is 0 Å². The fourth-order valence-electron chi connectivity index (χ4n) is 3.52. The van der Waals surface area contributed by atoms with Crippen LogP contribution in [0.2, 0.25) is 0 Å². The van der Waals surface area contributed by atoms with Gasteiger partial charge in [-0.15, -0.1) is 0 Å². The Balaban J connectivity index is 0.000000587. The standard InChI is InChI=1S/C21H20F3NO.C3H5NO3.C2H6/c1-4-14-8-9-18-16(11-14)19(21(22,23)24)17(20(26)25(18)3)12-15-7-5-6-13(2)10-15;5-2-4-1-3(6)7;1-2/h5-11H,4,12H2,1-3H3;2H,1H2,(H,4,5)(H,6,7);1-2H3. The van der Waals surface area contributed by atoms with Crippen molar-refractivity contribution in [2.45, 2.75) is 46.7 Å². The highest BCUT2D eigenvalue weighted by atomic mass is 19.4. The van der Waals surface area contributed by atoms with Gasteiger partial charge in [-0.05, 0) is 36.6 Å². The molecule has 9 heteroatoms. The third kappa shape index (κ3) is 7.98. The molecule has 1 amide bonds. The van der Waals surface area contributed by atoms with Crippen LogP contribution in [0.3, 0.4) is 0 Å². The summed E-state index contributed by atoms with van der Waals surface area (Å²) < 4.78 is 43.2. The number of amides is 1. The molecule has 0 radical (unpaired) electrons. The maximum Gasteiger partial charge on any atom is 0.417 e. The van der Waals surface area contributed by atoms with Gasteiger partial charge in [0.05, 0.1) is 11.1 Å². The number of carbonyl (C=O) groups is 2. The molecule has 35 heavy (non-hydrogen) atoms. The second-order valence-corrected chi connectivity index (χ2v) is 7.48. The maximum absolute atomic E-state index is 14.0. The van der Waals surface area contributed by atoms with Crippen molar-refractivity contribution in [2.24, 2.45) is 7.05 Å². The number of fused-ring (bicyclic) bond motifs is 1. The number of rotatable bonds is 6. The molecule has 0 bridgehead atoms. The predicted octanol–water partition coefficient (Wildman–Crippen LogP) is 4.86. The number of alkyl halides is 3. The van der Waals surface area contributed by atoms with Crippen LogP contribution in [0.25, 0.3) is 10.9 Å². The van der Waals surface area contributed by atoms with Crippen LogP contribution in [-0.4, -0.2) is 28.6 Å². The van der Waals surface area contributed by atoms with Gasteiger partial charge in [-0.2, -0.15) is 13.2 Å². The largest absolute Gasteiger partial charge is 0.480 e. The Morgan fingerprint density at radius 1 is 1.11 bits per heavy atom. The summed E-state index contributed by atoms with van der Waals surface area (Å²) in [4.78, 5) is 31.6. The molecule has 0 saturated carbocycles. The van der Waals surface area contributed by atoms with E-state index in [4.69, 9.17) is 5.11 Å². The van der Waals surface area contributed by atoms with Gasteiger partial charge in [-0.3, -0.25) is 14.4 Å². The summed E-state index contributed by atoms with van der Waals surface area (Å²) in [6.07, 6.45) is -3.68. The molecular weight excluding hydrogens is 461 g/mol. The van der Waals surface area contributed by atoms with E-state index in [0.717, 1.165) is 11.1 Å². The molecule has 0 atom stereocenters. The van der Waals surface area contributed by atoms with Crippen molar-refractivity contribution >= 4 is 23.3 Å². The minimum absolute atomic E-state index is 0.0461. The van der Waals surface area contributed by atoms with Crippen LogP contribution >= 0.6 is 0 Å². The lowest BCUT2D eigenvalue weighted by Gasteiger charge is -2.18. The van der Waals surface area contributed by atoms with Crippen LogP contribution in [0.4, 0.5) is 13.2 Å². The van der Waals surface area contributed by atoms with Gasteiger partial charge in [0.25, 0.3) is 5.56 Å². The molecule has 3 rings (SSSR count). The van der Waals surface area contributed by atoms with Gasteiger partial charge < -0.3 is 15.0 Å². The highest BCUT2D eigenvalue weighted by Gasteiger charge is 2.37. The van der Waals surface area contributed by atoms with Gasteiger partial charge in [0.1, 0.15) is 6.54 Å². The molecule has 0 aliphatic rings. The minimum atomic E-state index is -4.60. The Bertz CT molecular complexity index is 1220. The Labute approximate surface area is 202 Å². The molecular formula is C26H31F3N2O4. The number of hydrogen-bond acceptors (Lipinski definition) is 3. The number of nitrogens with one attached hydrogen (secondary N) is 1. The average molecular weight is 493 g/mol. The zero-order valence-corrected chi connectivity index (χ0v) is 20.5. The number of aryl methyl sites for hydroxylation is 3. The SMILES string of the molecule is CC.CCc1ccc2c(c1)c(C(F)(F)F)c(Cc1cccc(C)c1)c(=O)n2C.O=CNCC(=O)O. The van der Waals surface area contributed by atoms with Gasteiger partial charge >= 0.3 is 12.1 Å². The zero-order chi connectivity index (χ0) is 26.8. The van der Waals surface area contributed by atoms with Gasteiger partial charge in [-0.1, -0.05) is 56.7 Å². The van der Waals surface area contributed by atoms with Crippen molar-refractivity contribution in [3.8, 4) is 0 Å². The summed E-state index contributed by atoms with van der Waals surface area (Å²) in [7, 11) is 1.52. The van der Waals surface area contributed by atoms with E-state index in [1.807, 2.05) is 45.1 Å². The Morgan fingerprint density at radius 3 is 2.26 bits per heavy atom. The van der Waals surface area contributed by atoms with Crippen molar-refractivity contribution in [1.29, 1.82) is 0 Å². The van der Waals surface area contributed by atoms with Gasteiger partial charge in [0, 0.05) is 24.4 Å². The van der Waals surface area contributed by atoms with E-state index in [1.54, 1.807) is 30.3 Å². The number of carboxylic acids is 1. The highest BCUT2D eigenvalue weighted by Crippen LogP contribution is 2.37. The number of benzene rings is 2. The number of nitrogens with zero attached hydrogens (tertiary/aromatic N) is 1. The fraction of sp³-hybridized carbons (Fsp3) is 0.346. The number of pyridine rings is 1. The molecule has 0 spiro atoms. The number of carboxylic acid groups (broad SMARTS) is 1. The molecule has 0 saturated heterocycles. The van der Waals surface area contributed by atoms with E-state index < -0.39 is 23.3 Å². The summed E-state index contributed by atoms with van der Waals surface area (Å²) in [6, 6.07) is 12.1. The molecule has 6 nitrogen and oxygen atoms in total. The van der Waals surface area contributed by atoms with E-state index in [-0.39, 0.29) is 23.9 Å². The normalized spacial score (nSPS) is 10.5.